The zero-order chi connectivity index (χ0) is 22.2. The minimum Gasteiger partial charge on any atom is -0.386 e. The van der Waals surface area contributed by atoms with E-state index in [-0.39, 0.29) is 0 Å². The van der Waals surface area contributed by atoms with Gasteiger partial charge in [-0.1, -0.05) is 133 Å². The fraction of sp³-hybridized carbons (Fsp3) is 0.103. The summed E-state index contributed by atoms with van der Waals surface area (Å²) in [6.07, 6.45) is 2.88. The van der Waals surface area contributed by atoms with Gasteiger partial charge in [-0.2, -0.15) is 5.06 Å². The predicted octanol–water partition coefficient (Wildman–Crippen LogP) is 6.28. The molecule has 4 rings (SSSR count). The van der Waals surface area contributed by atoms with Crippen molar-refractivity contribution in [2.75, 3.05) is 0 Å². The molecule has 0 bridgehead atoms. The van der Waals surface area contributed by atoms with E-state index in [2.05, 4.69) is 0 Å². The quantitative estimate of drug-likeness (QED) is 0.329. The molecule has 0 unspecified atom stereocenters. The third kappa shape index (κ3) is 5.21. The molecule has 3 nitrogen and oxygen atoms in total. The molecule has 0 radical (unpaired) electrons. The van der Waals surface area contributed by atoms with E-state index < -0.39 is 18.2 Å². The van der Waals surface area contributed by atoms with Crippen molar-refractivity contribution >= 4 is 6.08 Å². The lowest BCUT2D eigenvalue weighted by Crippen LogP contribution is -2.39. The largest absolute Gasteiger partial charge is 0.386 e. The molecule has 0 aliphatic carbocycles. The van der Waals surface area contributed by atoms with Gasteiger partial charge in [0.15, 0.2) is 0 Å². The number of hydrogen-bond donors (Lipinski definition) is 2. The summed E-state index contributed by atoms with van der Waals surface area (Å²) >= 11 is 0. The van der Waals surface area contributed by atoms with E-state index in [1.54, 1.807) is 0 Å². The molecular weight excluding hydrogens is 394 g/mol. The molecule has 32 heavy (non-hydrogen) atoms. The lowest BCUT2D eigenvalue weighted by atomic mass is 9.94. The minimum atomic E-state index is -0.920. The summed E-state index contributed by atoms with van der Waals surface area (Å²) in [6.45, 7) is 0. The van der Waals surface area contributed by atoms with Crippen molar-refractivity contribution in [1.29, 1.82) is 0 Å². The molecule has 0 heterocycles. The normalized spacial score (nSPS) is 13.5. The van der Waals surface area contributed by atoms with E-state index in [1.165, 1.54) is 5.06 Å². The van der Waals surface area contributed by atoms with E-state index in [0.717, 1.165) is 22.3 Å². The molecule has 3 heteroatoms. The fourth-order valence-electron chi connectivity index (χ4n) is 3.90. The monoisotopic (exact) mass is 421 g/mol. The Balaban J connectivity index is 1.76. The molecule has 4 aromatic carbocycles. The average Bonchev–Trinajstić information content (AvgIpc) is 2.87. The van der Waals surface area contributed by atoms with Crippen molar-refractivity contribution in [3.63, 3.8) is 0 Å². The number of aliphatic hydroxyl groups is 1. The highest BCUT2D eigenvalue weighted by atomic mass is 16.5. The van der Waals surface area contributed by atoms with Crippen LogP contribution in [0.25, 0.3) is 6.08 Å². The van der Waals surface area contributed by atoms with Gasteiger partial charge in [-0.25, -0.2) is 0 Å². The van der Waals surface area contributed by atoms with Gasteiger partial charge in [-0.05, 0) is 22.3 Å². The second-order valence-electron chi connectivity index (χ2n) is 7.72. The molecule has 0 aromatic heterocycles. The summed E-state index contributed by atoms with van der Waals surface area (Å²) in [4.78, 5) is 0. The third-order valence-electron chi connectivity index (χ3n) is 5.55. The lowest BCUT2D eigenvalue weighted by Gasteiger charge is -2.35. The van der Waals surface area contributed by atoms with Crippen molar-refractivity contribution in [3.05, 3.63) is 150 Å². The highest BCUT2D eigenvalue weighted by Gasteiger charge is 2.31. The topological polar surface area (TPSA) is 43.7 Å². The Bertz CT molecular complexity index is 1060. The highest BCUT2D eigenvalue weighted by Crippen LogP contribution is 2.33. The Kier molecular flexibility index (Phi) is 7.26. The summed E-state index contributed by atoms with van der Waals surface area (Å²) in [5.41, 5.74) is 3.63. The van der Waals surface area contributed by atoms with E-state index >= 15 is 0 Å². The van der Waals surface area contributed by atoms with E-state index in [0.29, 0.717) is 0 Å². The van der Waals surface area contributed by atoms with Gasteiger partial charge in [0.2, 0.25) is 0 Å². The van der Waals surface area contributed by atoms with Crippen molar-refractivity contribution < 1.29 is 10.3 Å². The number of rotatable bonds is 8. The smallest absolute Gasteiger partial charge is 0.100 e. The van der Waals surface area contributed by atoms with Crippen LogP contribution in [-0.2, 0) is 0 Å². The number of nitrogens with zero attached hydrogens (tertiary/aromatic N) is 1. The molecule has 2 atom stereocenters. The van der Waals surface area contributed by atoms with Crippen LogP contribution in [0, 0.1) is 0 Å². The Morgan fingerprint density at radius 1 is 0.562 bits per heavy atom. The van der Waals surface area contributed by atoms with Gasteiger partial charge in [-0.15, -0.1) is 0 Å². The molecule has 0 saturated carbocycles. The maximum Gasteiger partial charge on any atom is 0.100 e. The minimum absolute atomic E-state index is 0.443. The van der Waals surface area contributed by atoms with Crippen LogP contribution in [-0.4, -0.2) is 21.4 Å². The molecule has 0 aliphatic heterocycles. The first-order valence-electron chi connectivity index (χ1n) is 10.8. The summed E-state index contributed by atoms with van der Waals surface area (Å²) in [5, 5.41) is 24.2. The predicted molar refractivity (Wildman–Crippen MR) is 129 cm³/mol. The van der Waals surface area contributed by atoms with Gasteiger partial charge >= 0.3 is 0 Å². The summed E-state index contributed by atoms with van der Waals surface area (Å²) < 4.78 is 0. The Morgan fingerprint density at radius 3 is 1.44 bits per heavy atom. The van der Waals surface area contributed by atoms with E-state index in [1.807, 2.05) is 133 Å². The number of hydrogen-bond acceptors (Lipinski definition) is 3. The highest BCUT2D eigenvalue weighted by molar-refractivity contribution is 5.50. The van der Waals surface area contributed by atoms with E-state index in [4.69, 9.17) is 0 Å². The summed E-state index contributed by atoms with van der Waals surface area (Å²) in [7, 11) is 0. The van der Waals surface area contributed by atoms with Crippen LogP contribution in [0.2, 0.25) is 0 Å². The van der Waals surface area contributed by atoms with Gasteiger partial charge in [0.1, 0.15) is 6.10 Å². The van der Waals surface area contributed by atoms with E-state index in [9.17, 15) is 10.3 Å². The molecule has 160 valence electrons. The van der Waals surface area contributed by atoms with Crippen LogP contribution < -0.4 is 0 Å². The van der Waals surface area contributed by atoms with Gasteiger partial charge in [0.25, 0.3) is 0 Å². The molecule has 0 spiro atoms. The van der Waals surface area contributed by atoms with Crippen LogP contribution in [0.4, 0.5) is 0 Å². The van der Waals surface area contributed by atoms with Gasteiger partial charge in [-0.3, -0.25) is 0 Å². The lowest BCUT2D eigenvalue weighted by molar-refractivity contribution is -0.163. The van der Waals surface area contributed by atoms with Crippen molar-refractivity contribution in [1.82, 2.24) is 5.06 Å². The standard InChI is InChI=1S/C29H27NO2/c31-29(26-19-11-4-12-20-26)27(22-21-23-13-5-1-6-14-23)30(32)28(24-15-7-2-8-16-24)25-17-9-3-10-18-25/h1-22,27-29,31-32H/b22-21+/t27-,29-/m0/s1. The first-order chi connectivity index (χ1) is 15.7. The zero-order valence-corrected chi connectivity index (χ0v) is 17.8. The molecule has 0 fully saturated rings. The van der Waals surface area contributed by atoms with Gasteiger partial charge in [0, 0.05) is 0 Å². The second kappa shape index (κ2) is 10.7. The molecular formula is C29H27NO2. The zero-order valence-electron chi connectivity index (χ0n) is 17.8. The molecule has 2 N–H and O–H groups in total. The second-order valence-corrected chi connectivity index (χ2v) is 7.72. The Hall–Kier alpha value is -3.50. The first-order valence-corrected chi connectivity index (χ1v) is 10.8. The fourth-order valence-corrected chi connectivity index (χ4v) is 3.90. The van der Waals surface area contributed by atoms with Crippen LogP contribution in [0.1, 0.15) is 34.4 Å². The maximum atomic E-state index is 11.6. The van der Waals surface area contributed by atoms with Crippen molar-refractivity contribution in [3.8, 4) is 0 Å². The number of aliphatic hydroxyl groups excluding tert-OH is 1. The molecule has 0 amide bonds. The molecule has 4 aromatic rings. The van der Waals surface area contributed by atoms with Crippen molar-refractivity contribution in [2.24, 2.45) is 0 Å². The first kappa shape index (κ1) is 21.7. The van der Waals surface area contributed by atoms with Gasteiger partial charge in [0.05, 0.1) is 12.1 Å². The Labute approximate surface area is 189 Å². The third-order valence-corrected chi connectivity index (χ3v) is 5.55. The van der Waals surface area contributed by atoms with Gasteiger partial charge < -0.3 is 10.3 Å². The summed E-state index contributed by atoms with van der Waals surface area (Å²) in [5.74, 6) is 0. The molecule has 0 aliphatic rings. The summed E-state index contributed by atoms with van der Waals surface area (Å²) in [6, 6.07) is 38.0. The Morgan fingerprint density at radius 2 is 0.969 bits per heavy atom. The van der Waals surface area contributed by atoms with Crippen LogP contribution in [0.15, 0.2) is 127 Å². The van der Waals surface area contributed by atoms with Crippen molar-refractivity contribution in [2.45, 2.75) is 18.2 Å². The van der Waals surface area contributed by atoms with Crippen LogP contribution >= 0.6 is 0 Å². The molecule has 0 saturated heterocycles. The SMILES string of the molecule is O[C@@H](c1ccccc1)[C@H](/C=C/c1ccccc1)N(O)C(c1ccccc1)c1ccccc1. The van der Waals surface area contributed by atoms with Crippen LogP contribution in [0.3, 0.4) is 0 Å². The number of hydroxylamine groups is 2. The van der Waals surface area contributed by atoms with Crippen LogP contribution in [0.5, 0.6) is 0 Å². The average molecular weight is 422 g/mol. The maximum absolute atomic E-state index is 11.6. The number of benzene rings is 4.